The first-order chi connectivity index (χ1) is 23.9. The number of nitrogens with one attached hydrogen (secondary N) is 1. The number of nitrogens with zero attached hydrogens (tertiary/aromatic N) is 5. The molecule has 18 nitrogen and oxygen atoms in total. The van der Waals surface area contributed by atoms with E-state index >= 15 is 0 Å². The molecule has 0 aliphatic carbocycles. The summed E-state index contributed by atoms with van der Waals surface area (Å²) in [5.41, 5.74) is 5.62. The molecule has 0 bridgehead atoms. The highest BCUT2D eigenvalue weighted by molar-refractivity contribution is 8.00. The molecule has 7 N–H and O–H groups in total. The molecule has 23 heteroatoms. The molecule has 4 aliphatic heterocycles. The number of carbonyl (C=O) groups is 7. The van der Waals surface area contributed by atoms with Crippen LogP contribution < -0.4 is 11.1 Å². The number of likely N-dealkylation sites (tertiary alicyclic amines) is 2. The fourth-order valence-electron chi connectivity index (χ4n) is 5.70. The Bertz CT molecular complexity index is 1720. The van der Waals surface area contributed by atoms with Gasteiger partial charge in [0.15, 0.2) is 10.8 Å². The van der Waals surface area contributed by atoms with Gasteiger partial charge in [-0.1, -0.05) is 5.16 Å². The largest absolute Gasteiger partial charge is 0.490 e. The number of aromatic nitrogens is 1. The number of hydrogen-bond donors (Lipinski definition) is 6. The van der Waals surface area contributed by atoms with Gasteiger partial charge in [-0.25, -0.2) is 14.6 Å². The van der Waals surface area contributed by atoms with Crippen LogP contribution >= 0.6 is 23.1 Å². The topological polar surface area (TPSA) is 273 Å². The lowest BCUT2D eigenvalue weighted by Crippen LogP contribution is -2.71. The van der Waals surface area contributed by atoms with Gasteiger partial charge in [-0.05, 0) is 30.9 Å². The fourth-order valence-corrected chi connectivity index (χ4v) is 7.55. The van der Waals surface area contributed by atoms with Crippen molar-refractivity contribution in [2.24, 2.45) is 5.16 Å². The Morgan fingerprint density at radius 3 is 2.25 bits per heavy atom. The second-order valence-corrected chi connectivity index (χ2v) is 13.3. The predicted molar refractivity (Wildman–Crippen MR) is 169 cm³/mol. The maximum Gasteiger partial charge on any atom is 0.490 e. The average molecular weight is 762 g/mol. The highest BCUT2D eigenvalue weighted by Gasteiger charge is 2.54. The zero-order valence-corrected chi connectivity index (χ0v) is 27.8. The van der Waals surface area contributed by atoms with Gasteiger partial charge >= 0.3 is 24.1 Å². The Balaban J connectivity index is 0.000000755. The molecule has 0 saturated carbocycles. The molecular weight excluding hydrogens is 731 g/mol. The van der Waals surface area contributed by atoms with E-state index < -0.39 is 53.0 Å². The van der Waals surface area contributed by atoms with Crippen molar-refractivity contribution in [3.63, 3.8) is 0 Å². The standard InChI is InChI=1S/C26H29N7O9S2.C2HF3O2/c27-26-28-15(11-44-26)18(30-42)21(37)29-19-23(39)33-20(25(40)41)13(10-43-24(19)33)9-12-3-8-32(22(12)38)14-4-6-31(7-5-14)16(34)1-2-17(35)36;3-2(4,5)1(6)7/h9,11,14,19,24,42H,1-8,10H2,(H2,27,28)(H,29,37)(H,35,36)(H,40,41);(H,6,7)/t19-,24-;/m1./s1. The molecule has 2 atom stereocenters. The maximum absolute atomic E-state index is 13.3. The van der Waals surface area contributed by atoms with Crippen molar-refractivity contribution in [2.75, 3.05) is 31.1 Å². The number of allylic oxidation sites excluding steroid dienone is 1. The number of carboxylic acids is 3. The zero-order chi connectivity index (χ0) is 37.8. The van der Waals surface area contributed by atoms with Crippen molar-refractivity contribution in [1.29, 1.82) is 0 Å². The Morgan fingerprint density at radius 1 is 1.08 bits per heavy atom. The number of carboxylic acid groups (broad SMARTS) is 3. The molecule has 5 heterocycles. The zero-order valence-electron chi connectivity index (χ0n) is 26.2. The van der Waals surface area contributed by atoms with Crippen molar-refractivity contribution in [3.05, 3.63) is 34.0 Å². The van der Waals surface area contributed by atoms with Gasteiger partial charge in [0.05, 0.1) is 6.42 Å². The summed E-state index contributed by atoms with van der Waals surface area (Å²) in [6.45, 7) is 1.26. The smallest absolute Gasteiger partial charge is 0.481 e. The number of thioether (sulfide) groups is 1. The van der Waals surface area contributed by atoms with Gasteiger partial charge in [0.2, 0.25) is 11.8 Å². The van der Waals surface area contributed by atoms with Gasteiger partial charge in [-0.2, -0.15) is 13.2 Å². The number of piperidine rings is 1. The van der Waals surface area contributed by atoms with Crippen LogP contribution in [0.1, 0.15) is 37.8 Å². The van der Waals surface area contributed by atoms with E-state index in [0.29, 0.717) is 50.0 Å². The van der Waals surface area contributed by atoms with E-state index in [0.717, 1.165) is 16.2 Å². The second-order valence-electron chi connectivity index (χ2n) is 11.3. The highest BCUT2D eigenvalue weighted by Crippen LogP contribution is 2.41. The van der Waals surface area contributed by atoms with Crippen LogP contribution in [-0.4, -0.2) is 136 Å². The third kappa shape index (κ3) is 8.76. The summed E-state index contributed by atoms with van der Waals surface area (Å²) in [5.74, 6) is -6.97. The summed E-state index contributed by atoms with van der Waals surface area (Å²) in [4.78, 5) is 91.6. The van der Waals surface area contributed by atoms with E-state index in [1.54, 1.807) is 9.80 Å². The monoisotopic (exact) mass is 761 g/mol. The third-order valence-electron chi connectivity index (χ3n) is 8.13. The van der Waals surface area contributed by atoms with E-state index in [9.17, 15) is 52.3 Å². The average Bonchev–Trinajstić information content (AvgIpc) is 3.66. The summed E-state index contributed by atoms with van der Waals surface area (Å²) in [6.07, 6.45) is -2.37. The molecule has 4 amide bonds. The maximum atomic E-state index is 13.3. The predicted octanol–water partition coefficient (Wildman–Crippen LogP) is 0.290. The molecule has 0 radical (unpaired) electrons. The lowest BCUT2D eigenvalue weighted by Gasteiger charge is -2.49. The lowest BCUT2D eigenvalue weighted by atomic mass is 10.0. The van der Waals surface area contributed by atoms with Gasteiger partial charge in [0, 0.05) is 48.8 Å². The molecule has 0 spiro atoms. The Labute approximate surface area is 293 Å². The molecule has 51 heavy (non-hydrogen) atoms. The molecule has 276 valence electrons. The number of nitrogens with two attached hydrogens (primary N) is 1. The summed E-state index contributed by atoms with van der Waals surface area (Å²) < 4.78 is 31.7. The summed E-state index contributed by atoms with van der Waals surface area (Å²) in [6, 6.07) is -1.18. The first-order valence-corrected chi connectivity index (χ1v) is 16.8. The SMILES string of the molecule is Nc1nc(C(=NO)C(=O)N[C@@H]2C(=O)N3C(C(=O)O)=C(C=C4CCN(C5CCN(C(=O)CCC(=O)O)CC5)C4=O)CS[C@H]23)cs1.O=C(O)C(F)(F)F. The van der Waals surface area contributed by atoms with Crippen LogP contribution in [0.25, 0.3) is 0 Å². The Kier molecular flexibility index (Phi) is 12.0. The number of anilines is 1. The van der Waals surface area contributed by atoms with Gasteiger partial charge < -0.3 is 41.4 Å². The van der Waals surface area contributed by atoms with Crippen LogP contribution in [0.3, 0.4) is 0 Å². The van der Waals surface area contributed by atoms with E-state index in [1.807, 2.05) is 0 Å². The molecule has 1 aromatic rings. The molecule has 4 aliphatic rings. The first kappa shape index (κ1) is 38.6. The van der Waals surface area contributed by atoms with Gasteiger partial charge in [-0.3, -0.25) is 28.9 Å². The van der Waals surface area contributed by atoms with Crippen LogP contribution in [0.15, 0.2) is 33.5 Å². The normalized spacial score (nSPS) is 21.9. The number of alkyl halides is 3. The van der Waals surface area contributed by atoms with Crippen molar-refractivity contribution in [3.8, 4) is 0 Å². The van der Waals surface area contributed by atoms with Crippen LogP contribution in [0.2, 0.25) is 0 Å². The quantitative estimate of drug-likeness (QED) is 0.0649. The number of thiazole rings is 1. The van der Waals surface area contributed by atoms with Crippen molar-refractivity contribution in [2.45, 2.75) is 55.7 Å². The highest BCUT2D eigenvalue weighted by atomic mass is 32.2. The van der Waals surface area contributed by atoms with E-state index in [-0.39, 0.29) is 53.0 Å². The van der Waals surface area contributed by atoms with Crippen LogP contribution in [-0.2, 0) is 33.6 Å². The molecule has 3 saturated heterocycles. The van der Waals surface area contributed by atoms with E-state index in [2.05, 4.69) is 15.5 Å². The third-order valence-corrected chi connectivity index (χ3v) is 10.1. The molecule has 0 aromatic carbocycles. The lowest BCUT2D eigenvalue weighted by molar-refractivity contribution is -0.192. The van der Waals surface area contributed by atoms with Crippen LogP contribution in [0.4, 0.5) is 18.3 Å². The van der Waals surface area contributed by atoms with Gasteiger partial charge in [0.25, 0.3) is 11.8 Å². The first-order valence-electron chi connectivity index (χ1n) is 14.9. The minimum absolute atomic E-state index is 0.0255. The summed E-state index contributed by atoms with van der Waals surface area (Å²) >= 11 is 2.26. The number of rotatable bonds is 9. The minimum atomic E-state index is -5.08. The van der Waals surface area contributed by atoms with Crippen molar-refractivity contribution >= 4 is 75.5 Å². The van der Waals surface area contributed by atoms with Gasteiger partial charge in [-0.15, -0.1) is 23.1 Å². The number of nitrogen functional groups attached to an aromatic ring is 1. The number of aliphatic carboxylic acids is 3. The van der Waals surface area contributed by atoms with Gasteiger partial charge in [0.1, 0.15) is 22.8 Å². The number of fused-ring (bicyclic) bond motifs is 1. The molecular formula is C28H30F3N7O11S2. The number of β-lactam (4-membered cyclic amide) rings is 1. The molecule has 3 fully saturated rings. The van der Waals surface area contributed by atoms with E-state index in [4.69, 9.17) is 20.7 Å². The summed E-state index contributed by atoms with van der Waals surface area (Å²) in [5, 5.41) is 41.6. The number of halogens is 3. The minimum Gasteiger partial charge on any atom is -0.481 e. The number of amides is 4. The fraction of sp³-hybridized carbons (Fsp3) is 0.464. The molecule has 5 rings (SSSR count). The number of hydrogen-bond acceptors (Lipinski definition) is 13. The second kappa shape index (κ2) is 15.8. The number of oxime groups is 1. The number of carbonyl (C=O) groups excluding carboxylic acids is 4. The van der Waals surface area contributed by atoms with Crippen molar-refractivity contribution in [1.82, 2.24) is 25.0 Å². The van der Waals surface area contributed by atoms with E-state index in [1.165, 1.54) is 23.2 Å². The van der Waals surface area contributed by atoms with Crippen LogP contribution in [0.5, 0.6) is 0 Å². The molecule has 1 aromatic heterocycles. The molecule has 0 unspecified atom stereocenters. The Hall–Kier alpha value is -5.19. The summed E-state index contributed by atoms with van der Waals surface area (Å²) in [7, 11) is 0. The Morgan fingerprint density at radius 2 is 1.73 bits per heavy atom. The van der Waals surface area contributed by atoms with Crippen molar-refractivity contribution < 1.29 is 67.3 Å². The van der Waals surface area contributed by atoms with Crippen LogP contribution in [0, 0.1) is 0 Å².